The fourth-order valence-electron chi connectivity index (χ4n) is 2.71. The molecule has 5 heteroatoms. The highest BCUT2D eigenvalue weighted by molar-refractivity contribution is 5.78. The van der Waals surface area contributed by atoms with Crippen molar-refractivity contribution < 1.29 is 18.7 Å². The second kappa shape index (κ2) is 6.79. The van der Waals surface area contributed by atoms with E-state index in [1.165, 1.54) is 6.07 Å². The normalized spacial score (nSPS) is 22.6. The molecule has 0 radical (unpaired) electrons. The van der Waals surface area contributed by atoms with Crippen LogP contribution in [0.1, 0.15) is 31.2 Å². The highest BCUT2D eigenvalue weighted by Gasteiger charge is 2.25. The summed E-state index contributed by atoms with van der Waals surface area (Å²) in [6, 6.07) is 3.45. The van der Waals surface area contributed by atoms with Gasteiger partial charge in [-0.15, -0.1) is 0 Å². The monoisotopic (exact) mass is 283 g/mol. The van der Waals surface area contributed by atoms with Gasteiger partial charge >= 0.3 is 0 Å². The third-order valence-electron chi connectivity index (χ3n) is 3.84. The molecule has 2 atom stereocenters. The van der Waals surface area contributed by atoms with E-state index in [-0.39, 0.29) is 30.9 Å². The highest BCUT2D eigenvalue weighted by Crippen LogP contribution is 2.24. The molecule has 1 aromatic rings. The van der Waals surface area contributed by atoms with Crippen LogP contribution in [0.4, 0.5) is 8.78 Å². The summed E-state index contributed by atoms with van der Waals surface area (Å²) in [6.45, 7) is 0.0656. The zero-order chi connectivity index (χ0) is 14.5. The molecule has 0 aromatic heterocycles. The predicted octanol–water partition coefficient (Wildman–Crippen LogP) is 2.17. The zero-order valence-corrected chi connectivity index (χ0v) is 11.2. The number of carbonyl (C=O) groups is 1. The molecule has 1 fully saturated rings. The van der Waals surface area contributed by atoms with Crippen molar-refractivity contribution in [3.63, 3.8) is 0 Å². The lowest BCUT2D eigenvalue weighted by Gasteiger charge is -2.30. The molecule has 0 aliphatic heterocycles. The maximum absolute atomic E-state index is 13.1. The smallest absolute Gasteiger partial charge is 0.224 e. The molecule has 2 N–H and O–H groups in total. The Morgan fingerprint density at radius 3 is 2.70 bits per heavy atom. The number of halogens is 2. The van der Waals surface area contributed by atoms with Crippen molar-refractivity contribution in [1.29, 1.82) is 0 Å². The van der Waals surface area contributed by atoms with E-state index in [0.717, 1.165) is 37.8 Å². The van der Waals surface area contributed by atoms with Crippen LogP contribution in [-0.2, 0) is 11.2 Å². The first-order chi connectivity index (χ1) is 9.60. The number of carbonyl (C=O) groups excluding carboxylic acids is 1. The van der Waals surface area contributed by atoms with E-state index in [0.29, 0.717) is 5.56 Å². The standard InChI is InChI=1S/C15H19F2NO2/c16-12-6-5-10(7-13(12)17)8-15(20)18-14-4-2-1-3-11(14)9-19/h5-7,11,14,19H,1-4,8-9H2,(H,18,20). The Morgan fingerprint density at radius 2 is 2.00 bits per heavy atom. The van der Waals surface area contributed by atoms with Gasteiger partial charge < -0.3 is 10.4 Å². The number of hydrogen-bond acceptors (Lipinski definition) is 2. The van der Waals surface area contributed by atoms with Crippen LogP contribution in [0.3, 0.4) is 0 Å². The van der Waals surface area contributed by atoms with E-state index in [4.69, 9.17) is 0 Å². The van der Waals surface area contributed by atoms with Gasteiger partial charge in [-0.25, -0.2) is 8.78 Å². The summed E-state index contributed by atoms with van der Waals surface area (Å²) in [5, 5.41) is 12.2. The molecule has 0 heterocycles. The summed E-state index contributed by atoms with van der Waals surface area (Å²) >= 11 is 0. The van der Waals surface area contributed by atoms with Crippen LogP contribution < -0.4 is 5.32 Å². The van der Waals surface area contributed by atoms with Gasteiger partial charge in [-0.05, 0) is 30.5 Å². The molecule has 2 rings (SSSR count). The van der Waals surface area contributed by atoms with Crippen molar-refractivity contribution in [1.82, 2.24) is 5.32 Å². The summed E-state index contributed by atoms with van der Waals surface area (Å²) in [7, 11) is 0. The van der Waals surface area contributed by atoms with E-state index in [9.17, 15) is 18.7 Å². The Kier molecular flexibility index (Phi) is 5.06. The van der Waals surface area contributed by atoms with Gasteiger partial charge in [0.1, 0.15) is 0 Å². The summed E-state index contributed by atoms with van der Waals surface area (Å²) in [5.74, 6) is -1.98. The number of amides is 1. The maximum Gasteiger partial charge on any atom is 0.224 e. The van der Waals surface area contributed by atoms with Crippen molar-refractivity contribution in [3.05, 3.63) is 35.4 Å². The average Bonchev–Trinajstić information content (AvgIpc) is 2.43. The van der Waals surface area contributed by atoms with E-state index in [2.05, 4.69) is 5.32 Å². The quantitative estimate of drug-likeness (QED) is 0.889. The van der Waals surface area contributed by atoms with Gasteiger partial charge in [-0.2, -0.15) is 0 Å². The van der Waals surface area contributed by atoms with Crippen LogP contribution in [0.15, 0.2) is 18.2 Å². The summed E-state index contributed by atoms with van der Waals surface area (Å²) in [4.78, 5) is 11.9. The number of hydrogen-bond donors (Lipinski definition) is 2. The van der Waals surface area contributed by atoms with Crippen LogP contribution in [0.25, 0.3) is 0 Å². The summed E-state index contributed by atoms with van der Waals surface area (Å²) < 4.78 is 25.9. The van der Waals surface area contributed by atoms with E-state index >= 15 is 0 Å². The fourth-order valence-corrected chi connectivity index (χ4v) is 2.71. The molecule has 0 saturated heterocycles. The number of benzene rings is 1. The topological polar surface area (TPSA) is 49.3 Å². The zero-order valence-electron chi connectivity index (χ0n) is 11.2. The van der Waals surface area contributed by atoms with E-state index < -0.39 is 11.6 Å². The van der Waals surface area contributed by atoms with Crippen molar-refractivity contribution in [2.24, 2.45) is 5.92 Å². The Hall–Kier alpha value is -1.49. The van der Waals surface area contributed by atoms with E-state index in [1.54, 1.807) is 0 Å². The van der Waals surface area contributed by atoms with Gasteiger partial charge in [0.2, 0.25) is 5.91 Å². The molecule has 0 bridgehead atoms. The number of aliphatic hydroxyl groups excluding tert-OH is 1. The first-order valence-corrected chi connectivity index (χ1v) is 6.94. The molecule has 3 nitrogen and oxygen atoms in total. The van der Waals surface area contributed by atoms with Gasteiger partial charge in [0.05, 0.1) is 6.42 Å². The average molecular weight is 283 g/mol. The van der Waals surface area contributed by atoms with Crippen LogP contribution in [0.5, 0.6) is 0 Å². The molecular weight excluding hydrogens is 264 g/mol. The van der Waals surface area contributed by atoms with Crippen LogP contribution in [-0.4, -0.2) is 23.7 Å². The number of rotatable bonds is 4. The third-order valence-corrected chi connectivity index (χ3v) is 3.84. The Bertz CT molecular complexity index is 479. The van der Waals surface area contributed by atoms with Gasteiger partial charge in [0.15, 0.2) is 11.6 Å². The molecule has 1 aliphatic carbocycles. The van der Waals surface area contributed by atoms with Crippen molar-refractivity contribution >= 4 is 5.91 Å². The molecule has 1 saturated carbocycles. The van der Waals surface area contributed by atoms with Gasteiger partial charge in [0.25, 0.3) is 0 Å². The number of nitrogens with one attached hydrogen (secondary N) is 1. The molecule has 2 unspecified atom stereocenters. The predicted molar refractivity (Wildman–Crippen MR) is 71.0 cm³/mol. The summed E-state index contributed by atoms with van der Waals surface area (Å²) in [5.41, 5.74) is 0.442. The van der Waals surface area contributed by atoms with Crippen molar-refractivity contribution in [3.8, 4) is 0 Å². The van der Waals surface area contributed by atoms with Gasteiger partial charge in [0, 0.05) is 18.6 Å². The minimum Gasteiger partial charge on any atom is -0.396 e. The minimum atomic E-state index is -0.943. The van der Waals surface area contributed by atoms with E-state index in [1.807, 2.05) is 0 Å². The lowest BCUT2D eigenvalue weighted by Crippen LogP contribution is -2.44. The minimum absolute atomic E-state index is 0.0197. The lowest BCUT2D eigenvalue weighted by molar-refractivity contribution is -0.121. The number of aliphatic hydroxyl groups is 1. The Labute approximate surface area is 117 Å². The van der Waals surface area contributed by atoms with Crippen molar-refractivity contribution in [2.75, 3.05) is 6.61 Å². The fraction of sp³-hybridized carbons (Fsp3) is 0.533. The van der Waals surface area contributed by atoms with Crippen LogP contribution in [0, 0.1) is 17.6 Å². The summed E-state index contributed by atoms with van der Waals surface area (Å²) in [6.07, 6.45) is 3.89. The van der Waals surface area contributed by atoms with Crippen LogP contribution >= 0.6 is 0 Å². The molecule has 1 aliphatic rings. The maximum atomic E-state index is 13.1. The molecule has 1 aromatic carbocycles. The SMILES string of the molecule is O=C(Cc1ccc(F)c(F)c1)NC1CCCCC1CO. The Balaban J connectivity index is 1.92. The Morgan fingerprint density at radius 1 is 1.25 bits per heavy atom. The second-order valence-corrected chi connectivity index (χ2v) is 5.33. The molecule has 20 heavy (non-hydrogen) atoms. The second-order valence-electron chi connectivity index (χ2n) is 5.33. The molecular formula is C15H19F2NO2. The van der Waals surface area contributed by atoms with Gasteiger partial charge in [-0.3, -0.25) is 4.79 Å². The highest BCUT2D eigenvalue weighted by atomic mass is 19.2. The first kappa shape index (κ1) is 14.9. The largest absolute Gasteiger partial charge is 0.396 e. The third kappa shape index (κ3) is 3.76. The molecule has 110 valence electrons. The van der Waals surface area contributed by atoms with Crippen LogP contribution in [0.2, 0.25) is 0 Å². The van der Waals surface area contributed by atoms with Crippen molar-refractivity contribution in [2.45, 2.75) is 38.1 Å². The molecule has 0 spiro atoms. The lowest BCUT2D eigenvalue weighted by atomic mass is 9.85. The molecule has 1 amide bonds. The van der Waals surface area contributed by atoms with Gasteiger partial charge in [-0.1, -0.05) is 18.9 Å². The first-order valence-electron chi connectivity index (χ1n) is 6.94.